The molecule has 2 aromatic heterocycles. The number of fused-ring (bicyclic) bond motifs is 6. The van der Waals surface area contributed by atoms with Crippen molar-refractivity contribution in [1.82, 2.24) is 9.97 Å². The summed E-state index contributed by atoms with van der Waals surface area (Å²) in [5.74, 6) is 0.158. The van der Waals surface area contributed by atoms with E-state index in [1.165, 1.54) is 17.6 Å². The molecule has 11 heteroatoms. The Morgan fingerprint density at radius 1 is 0.764 bits per heavy atom. The van der Waals surface area contributed by atoms with E-state index in [1.54, 1.807) is 41.8 Å². The van der Waals surface area contributed by atoms with Gasteiger partial charge < -0.3 is 28.8 Å². The SMILES string of the molecule is C/C=C/[C@H](O)C(C)(C)[C@@H]1C/C=C\[C@H]2[C@@H](C)[C@H]2/C=C/C=C\c2nc(cs2)C(=O)O[C@H](C(C)(C)[C@@H](O)/C=C/C)C/C=C\[C@H]2O[C@H]2/C=C/C=C\c2nc(co2)C(=O)O1. The van der Waals surface area contributed by atoms with Crippen molar-refractivity contribution in [3.8, 4) is 0 Å². The largest absolute Gasteiger partial charge is 0.457 e. The van der Waals surface area contributed by atoms with Gasteiger partial charge in [0.15, 0.2) is 11.4 Å². The second-order valence-corrected chi connectivity index (χ2v) is 16.3. The number of allylic oxidation sites excluding steroid dienone is 8. The Hall–Kier alpha value is -4.42. The quantitative estimate of drug-likeness (QED) is 0.167. The number of rotatable bonds is 6. The highest BCUT2D eigenvalue weighted by Crippen LogP contribution is 2.48. The molecule has 3 aliphatic rings. The second-order valence-electron chi connectivity index (χ2n) is 15.4. The molecule has 9 atom stereocenters. The molecule has 1 saturated carbocycles. The Morgan fingerprint density at radius 3 is 1.98 bits per heavy atom. The van der Waals surface area contributed by atoms with Crippen LogP contribution in [0.3, 0.4) is 0 Å². The van der Waals surface area contributed by atoms with Crippen LogP contribution in [0.5, 0.6) is 0 Å². The van der Waals surface area contributed by atoms with E-state index in [0.717, 1.165) is 0 Å². The highest BCUT2D eigenvalue weighted by atomic mass is 32.1. The molecule has 2 aromatic rings. The van der Waals surface area contributed by atoms with Crippen molar-refractivity contribution in [2.75, 3.05) is 0 Å². The Morgan fingerprint density at radius 2 is 1.33 bits per heavy atom. The van der Waals surface area contributed by atoms with E-state index < -0.39 is 47.2 Å². The van der Waals surface area contributed by atoms with Crippen LogP contribution in [0, 0.1) is 28.6 Å². The number of carbonyl (C=O) groups is 2. The summed E-state index contributed by atoms with van der Waals surface area (Å²) in [6.45, 7) is 13.4. The highest BCUT2D eigenvalue weighted by molar-refractivity contribution is 7.10. The number of nitrogens with zero attached hydrogens (tertiary/aromatic N) is 2. The second kappa shape index (κ2) is 18.5. The third kappa shape index (κ3) is 10.9. The van der Waals surface area contributed by atoms with Gasteiger partial charge in [0.25, 0.3) is 0 Å². The van der Waals surface area contributed by atoms with Gasteiger partial charge in [-0.2, -0.15) is 0 Å². The lowest BCUT2D eigenvalue weighted by atomic mass is 9.79. The number of aromatic nitrogens is 2. The molecule has 1 aliphatic carbocycles. The molecule has 2 N–H and O–H groups in total. The third-order valence-electron chi connectivity index (χ3n) is 10.7. The van der Waals surface area contributed by atoms with E-state index in [0.29, 0.717) is 35.6 Å². The zero-order valence-corrected chi connectivity index (χ0v) is 33.5. The van der Waals surface area contributed by atoms with E-state index in [4.69, 9.17) is 18.6 Å². The van der Waals surface area contributed by atoms with E-state index in [2.05, 4.69) is 29.0 Å². The van der Waals surface area contributed by atoms with Gasteiger partial charge in [-0.25, -0.2) is 19.6 Å². The molecule has 2 fully saturated rings. The molecule has 2 aliphatic heterocycles. The number of hydrogen-bond donors (Lipinski definition) is 2. The molecule has 1 saturated heterocycles. The number of hydrogen-bond acceptors (Lipinski definition) is 11. The van der Waals surface area contributed by atoms with Gasteiger partial charge in [0.2, 0.25) is 5.89 Å². The first-order valence-electron chi connectivity index (χ1n) is 18.9. The summed E-state index contributed by atoms with van der Waals surface area (Å²) in [7, 11) is 0. The molecule has 4 bridgehead atoms. The molecular weight excluding hydrogens is 717 g/mol. The fourth-order valence-corrected chi connectivity index (χ4v) is 7.15. The molecule has 0 radical (unpaired) electrons. The van der Waals surface area contributed by atoms with E-state index in [-0.39, 0.29) is 29.5 Å². The van der Waals surface area contributed by atoms with Crippen LogP contribution < -0.4 is 0 Å². The van der Waals surface area contributed by atoms with Crippen molar-refractivity contribution in [3.05, 3.63) is 119 Å². The average molecular weight is 771 g/mol. The predicted octanol–water partition coefficient (Wildman–Crippen LogP) is 8.50. The van der Waals surface area contributed by atoms with E-state index in [1.807, 2.05) is 90.2 Å². The number of oxazole rings is 1. The first-order valence-corrected chi connectivity index (χ1v) is 19.8. The maximum Gasteiger partial charge on any atom is 0.360 e. The number of cyclic esters (lactones) is 2. The highest BCUT2D eigenvalue weighted by Gasteiger charge is 2.43. The number of ether oxygens (including phenoxy) is 3. The van der Waals surface area contributed by atoms with Gasteiger partial charge in [0.05, 0.1) is 12.2 Å². The number of thiazole rings is 1. The molecule has 0 spiro atoms. The number of aliphatic hydroxyl groups excluding tert-OH is 2. The lowest BCUT2D eigenvalue weighted by Crippen LogP contribution is -2.42. The van der Waals surface area contributed by atoms with Gasteiger partial charge >= 0.3 is 11.9 Å². The lowest BCUT2D eigenvalue weighted by molar-refractivity contribution is -0.0461. The summed E-state index contributed by atoms with van der Waals surface area (Å²) in [6, 6.07) is 0. The minimum atomic E-state index is -0.840. The molecular formula is C44H54N2O8S. The van der Waals surface area contributed by atoms with E-state index >= 15 is 0 Å². The maximum atomic E-state index is 13.3. The van der Waals surface area contributed by atoms with Crippen LogP contribution in [0.15, 0.2) is 101 Å². The van der Waals surface area contributed by atoms with Crippen molar-refractivity contribution in [1.29, 1.82) is 0 Å². The van der Waals surface area contributed by atoms with Gasteiger partial charge in [-0.05, 0) is 37.7 Å². The minimum Gasteiger partial charge on any atom is -0.457 e. The fraction of sp³-hybridized carbons (Fsp3) is 0.455. The molecule has 0 unspecified atom stereocenters. The summed E-state index contributed by atoms with van der Waals surface area (Å²) >= 11 is 1.35. The van der Waals surface area contributed by atoms with Crippen LogP contribution >= 0.6 is 11.3 Å². The van der Waals surface area contributed by atoms with Crippen molar-refractivity contribution in [3.63, 3.8) is 0 Å². The molecule has 55 heavy (non-hydrogen) atoms. The number of aliphatic hydroxyl groups is 2. The van der Waals surface area contributed by atoms with Gasteiger partial charge in [0, 0.05) is 35.1 Å². The van der Waals surface area contributed by atoms with Crippen LogP contribution in [-0.4, -0.2) is 68.7 Å². The fourth-order valence-electron chi connectivity index (χ4n) is 6.46. The van der Waals surface area contributed by atoms with Gasteiger partial charge in [0.1, 0.15) is 35.7 Å². The summed E-state index contributed by atoms with van der Waals surface area (Å²) in [5.41, 5.74) is -1.33. The zero-order valence-electron chi connectivity index (χ0n) is 32.6. The van der Waals surface area contributed by atoms with Gasteiger partial charge in [-0.1, -0.05) is 120 Å². The Bertz CT molecular complexity index is 1870. The molecule has 10 nitrogen and oxygen atoms in total. The van der Waals surface area contributed by atoms with Crippen molar-refractivity contribution < 1.29 is 38.4 Å². The molecule has 0 aromatic carbocycles. The summed E-state index contributed by atoms with van der Waals surface area (Å²) in [6.07, 6.45) is 28.8. The van der Waals surface area contributed by atoms with Crippen molar-refractivity contribution in [2.24, 2.45) is 28.6 Å². The molecule has 294 valence electrons. The van der Waals surface area contributed by atoms with Crippen LogP contribution in [-0.2, 0) is 14.2 Å². The lowest BCUT2D eigenvalue weighted by Gasteiger charge is -2.36. The minimum absolute atomic E-state index is 0.0396. The van der Waals surface area contributed by atoms with Crippen LogP contribution in [0.1, 0.15) is 93.2 Å². The van der Waals surface area contributed by atoms with Crippen molar-refractivity contribution >= 4 is 35.4 Å². The summed E-state index contributed by atoms with van der Waals surface area (Å²) in [5, 5.41) is 24.2. The Kier molecular flexibility index (Phi) is 14.0. The Balaban J connectivity index is 1.37. The summed E-state index contributed by atoms with van der Waals surface area (Å²) < 4.78 is 23.3. The van der Waals surface area contributed by atoms with E-state index in [9.17, 15) is 19.8 Å². The molecule has 5 rings (SSSR count). The summed E-state index contributed by atoms with van der Waals surface area (Å²) in [4.78, 5) is 35.5. The van der Waals surface area contributed by atoms with Crippen molar-refractivity contribution in [2.45, 2.75) is 97.9 Å². The normalized spacial score (nSPS) is 31.5. The predicted molar refractivity (Wildman–Crippen MR) is 215 cm³/mol. The standard InChI is InChI=1S/C44H54N2O8S/c1-8-16-35(47)43(4,5)37-22-14-19-30-28(3)29(30)18-10-13-25-40-46-32(27-55-40)42(50)54-38(44(6,7)36(48)17-9-2)23-15-21-34-33(52-34)20-11-12-24-39-45-31(26-51-39)41(49)53-37/h8-21,24-30,33-38,47-48H,22-23H2,1-7H3/b16-8+,17-9+,18-10+,19-14-,20-11+,21-15-,24-12-,25-13-/t28-,29+,30-,33-,34+,35-,36-,37-,38-/m0/s1. The average Bonchev–Trinajstić information content (AvgIpc) is 3.82. The first-order chi connectivity index (χ1) is 26.3. The third-order valence-corrected chi connectivity index (χ3v) is 11.5. The first kappa shape index (κ1) is 41.7. The number of epoxide rings is 1. The van der Waals surface area contributed by atoms with Crippen LogP contribution in [0.25, 0.3) is 12.2 Å². The van der Waals surface area contributed by atoms with Gasteiger partial charge in [-0.15, -0.1) is 11.3 Å². The topological polar surface area (TPSA) is 145 Å². The Labute approximate surface area is 328 Å². The maximum absolute atomic E-state index is 13.3. The van der Waals surface area contributed by atoms with Crippen LogP contribution in [0.4, 0.5) is 0 Å². The number of esters is 2. The monoisotopic (exact) mass is 770 g/mol. The molecule has 4 heterocycles. The van der Waals surface area contributed by atoms with Crippen LogP contribution in [0.2, 0.25) is 0 Å². The van der Waals surface area contributed by atoms with Gasteiger partial charge in [-0.3, -0.25) is 0 Å². The zero-order chi connectivity index (χ0) is 39.8. The number of carbonyl (C=O) groups excluding carboxylic acids is 2. The smallest absolute Gasteiger partial charge is 0.360 e. The molecule has 0 amide bonds.